The van der Waals surface area contributed by atoms with E-state index < -0.39 is 0 Å². The molecule has 0 aliphatic heterocycles. The van der Waals surface area contributed by atoms with Gasteiger partial charge in [0.1, 0.15) is 4.83 Å². The third-order valence-electron chi connectivity index (χ3n) is 0.273. The fourth-order valence-corrected chi connectivity index (χ4v) is 0.0417. The van der Waals surface area contributed by atoms with Gasteiger partial charge in [0, 0.05) is 0 Å². The van der Waals surface area contributed by atoms with Crippen LogP contribution in [-0.4, -0.2) is 4.83 Å². The Morgan fingerprint density at radius 3 is 2.33 bits per heavy atom. The first-order valence-electron chi connectivity index (χ1n) is 1.33. The Morgan fingerprint density at radius 2 is 2.33 bits per heavy atom. The van der Waals surface area contributed by atoms with Crippen LogP contribution in [0.15, 0.2) is 0 Å². The van der Waals surface area contributed by atoms with Crippen LogP contribution in [0.4, 0.5) is 0 Å². The van der Waals surface area contributed by atoms with E-state index in [1.54, 1.807) is 0 Å². The molecule has 0 saturated carbocycles. The molecule has 0 aromatic rings. The van der Waals surface area contributed by atoms with E-state index in [0.717, 1.165) is 0 Å². The maximum absolute atomic E-state index is 6.37. The quantitative estimate of drug-likeness (QED) is 0.349. The molecule has 0 aromatic carbocycles. The topological polar surface area (TPSA) is 0 Å². The van der Waals surface area contributed by atoms with Gasteiger partial charge in [-0.1, -0.05) is 27.8 Å². The summed E-state index contributed by atoms with van der Waals surface area (Å²) in [4.78, 5) is -0.308. The summed E-state index contributed by atoms with van der Waals surface area (Å²) in [5.41, 5.74) is 0. The van der Waals surface area contributed by atoms with E-state index in [9.17, 15) is 0 Å². The number of alkyl halides is 1. The molecule has 29 valence electrons. The van der Waals surface area contributed by atoms with Crippen LogP contribution in [0, 0.1) is 24.7 Å². The summed E-state index contributed by atoms with van der Waals surface area (Å²) in [7, 11) is 0. The largest absolute Gasteiger partial charge is 0.136 e. The van der Waals surface area contributed by atoms with Crippen LogP contribution in [0.1, 0.15) is 0 Å². The second-order valence-corrected chi connectivity index (χ2v) is 1.59. The van der Waals surface area contributed by atoms with Gasteiger partial charge in [0.15, 0.2) is 0 Å². The SMILES string of the molecule is [C]#CC(Br)C#C. The first-order chi connectivity index (χ1) is 2.81. The Kier molecular flexibility index (Phi) is 2.63. The Hall–Kier alpha value is -0.400. The van der Waals surface area contributed by atoms with Crippen molar-refractivity contribution in [2.75, 3.05) is 0 Å². The van der Waals surface area contributed by atoms with Gasteiger partial charge in [-0.3, -0.25) is 0 Å². The lowest BCUT2D eigenvalue weighted by Crippen LogP contribution is -1.81. The summed E-state index contributed by atoms with van der Waals surface area (Å²) in [5.74, 6) is 4.28. The predicted molar refractivity (Wildman–Crippen MR) is 28.7 cm³/mol. The lowest BCUT2D eigenvalue weighted by atomic mass is 10.5. The van der Waals surface area contributed by atoms with Crippen molar-refractivity contribution >= 4 is 15.9 Å². The molecule has 0 amide bonds. The van der Waals surface area contributed by atoms with Gasteiger partial charge in [-0.15, -0.1) is 6.42 Å². The number of hydrogen-bond acceptors (Lipinski definition) is 0. The number of terminal acetylenes is 1. The maximum atomic E-state index is 6.37. The normalized spacial score (nSPS) is 6.67. The molecular weight excluding hydrogens is 140 g/mol. The molecule has 0 N–H and O–H groups in total. The van der Waals surface area contributed by atoms with Crippen molar-refractivity contribution in [3.05, 3.63) is 6.42 Å². The van der Waals surface area contributed by atoms with Crippen molar-refractivity contribution in [1.29, 1.82) is 0 Å². The Labute approximate surface area is 46.1 Å². The van der Waals surface area contributed by atoms with Crippen molar-refractivity contribution in [2.45, 2.75) is 4.83 Å². The molecule has 1 heteroatoms. The van der Waals surface area contributed by atoms with Gasteiger partial charge in [0.25, 0.3) is 0 Å². The van der Waals surface area contributed by atoms with E-state index in [1.165, 1.54) is 0 Å². The van der Waals surface area contributed by atoms with Crippen LogP contribution in [-0.2, 0) is 0 Å². The molecule has 0 rings (SSSR count). The molecule has 0 bridgehead atoms. The maximum Gasteiger partial charge on any atom is 0.136 e. The highest BCUT2D eigenvalue weighted by molar-refractivity contribution is 9.09. The summed E-state index contributed by atoms with van der Waals surface area (Å²) in [6, 6.07) is 0. The van der Waals surface area contributed by atoms with Crippen LogP contribution in [0.25, 0.3) is 0 Å². The van der Waals surface area contributed by atoms with E-state index in [2.05, 4.69) is 21.9 Å². The van der Waals surface area contributed by atoms with Crippen LogP contribution in [0.5, 0.6) is 0 Å². The van der Waals surface area contributed by atoms with E-state index in [1.807, 2.05) is 5.92 Å². The van der Waals surface area contributed by atoms with Crippen LogP contribution in [0.2, 0.25) is 0 Å². The van der Waals surface area contributed by atoms with Gasteiger partial charge in [0.05, 0.1) is 0 Å². The highest BCUT2D eigenvalue weighted by Gasteiger charge is 1.83. The van der Waals surface area contributed by atoms with Gasteiger partial charge < -0.3 is 0 Å². The second-order valence-electron chi connectivity index (χ2n) is 0.674. The van der Waals surface area contributed by atoms with Gasteiger partial charge >= 0.3 is 0 Å². The average molecular weight is 142 g/mol. The van der Waals surface area contributed by atoms with Gasteiger partial charge in [-0.05, 0) is 6.42 Å². The summed E-state index contributed by atoms with van der Waals surface area (Å²) in [5, 5.41) is 0. The van der Waals surface area contributed by atoms with Crippen molar-refractivity contribution in [3.8, 4) is 18.3 Å². The van der Waals surface area contributed by atoms with Crippen LogP contribution < -0.4 is 0 Å². The zero-order valence-electron chi connectivity index (χ0n) is 3.03. The minimum absolute atomic E-state index is 0.308. The molecule has 1 unspecified atom stereocenters. The minimum Gasteiger partial charge on any atom is -0.118 e. The zero-order valence-corrected chi connectivity index (χ0v) is 4.62. The molecule has 6 heavy (non-hydrogen) atoms. The molecule has 0 aliphatic rings. The number of hydrogen-bond donors (Lipinski definition) is 0. The monoisotopic (exact) mass is 141 g/mol. The van der Waals surface area contributed by atoms with Gasteiger partial charge in [-0.25, -0.2) is 0 Å². The van der Waals surface area contributed by atoms with Crippen molar-refractivity contribution < 1.29 is 0 Å². The first kappa shape index (κ1) is 5.60. The predicted octanol–water partition coefficient (Wildman–Crippen LogP) is 0.973. The third kappa shape index (κ3) is 1.88. The zero-order chi connectivity index (χ0) is 4.99. The second kappa shape index (κ2) is 2.82. The Bertz CT molecular complexity index is 88.1. The fourth-order valence-electron chi connectivity index (χ4n) is 0.0417. The van der Waals surface area contributed by atoms with Gasteiger partial charge in [0.2, 0.25) is 0 Å². The van der Waals surface area contributed by atoms with E-state index in [0.29, 0.717) is 0 Å². The molecule has 0 aliphatic carbocycles. The Balaban J connectivity index is 3.40. The first-order valence-corrected chi connectivity index (χ1v) is 2.25. The molecule has 0 aromatic heterocycles. The summed E-state index contributed by atoms with van der Waals surface area (Å²) in [6.07, 6.45) is 11.2. The summed E-state index contributed by atoms with van der Waals surface area (Å²) < 4.78 is 0. The van der Waals surface area contributed by atoms with E-state index >= 15 is 0 Å². The van der Waals surface area contributed by atoms with Crippen molar-refractivity contribution in [1.82, 2.24) is 0 Å². The van der Waals surface area contributed by atoms with E-state index in [-0.39, 0.29) is 4.83 Å². The smallest absolute Gasteiger partial charge is 0.118 e. The lowest BCUT2D eigenvalue weighted by Gasteiger charge is -1.77. The number of rotatable bonds is 0. The molecule has 1 atom stereocenters. The van der Waals surface area contributed by atoms with Gasteiger partial charge in [-0.2, -0.15) is 0 Å². The van der Waals surface area contributed by atoms with Crippen LogP contribution >= 0.6 is 15.9 Å². The lowest BCUT2D eigenvalue weighted by molar-refractivity contribution is 1.63. The standard InChI is InChI=1S/C5H2Br/c1-3-5(6)4-2/h1,5H. The third-order valence-corrected chi connectivity index (χ3v) is 0.766. The summed E-state index contributed by atoms with van der Waals surface area (Å²) >= 11 is 2.94. The van der Waals surface area contributed by atoms with Crippen molar-refractivity contribution in [2.24, 2.45) is 0 Å². The molecule has 0 spiro atoms. The molecular formula is C5H2Br. The molecule has 0 nitrogen and oxygen atoms in total. The molecule has 0 saturated heterocycles. The van der Waals surface area contributed by atoms with E-state index in [4.69, 9.17) is 12.8 Å². The fraction of sp³-hybridized carbons (Fsp3) is 0.200. The summed E-state index contributed by atoms with van der Waals surface area (Å²) in [6.45, 7) is 0. The average Bonchev–Trinajstić information content (AvgIpc) is 1.65. The number of halogens is 1. The minimum atomic E-state index is -0.308. The highest BCUT2D eigenvalue weighted by Crippen LogP contribution is 1.90. The van der Waals surface area contributed by atoms with Crippen LogP contribution in [0.3, 0.4) is 0 Å². The van der Waals surface area contributed by atoms with Crippen molar-refractivity contribution in [3.63, 3.8) is 0 Å². The molecule has 0 fully saturated rings. The highest BCUT2D eigenvalue weighted by atomic mass is 79.9. The Morgan fingerprint density at radius 1 is 1.83 bits per heavy atom. The molecule has 0 heterocycles. The molecule has 1 radical (unpaired) electrons.